The minimum atomic E-state index is -1.06. The molecule has 4 nitrogen and oxygen atoms in total. The van der Waals surface area contributed by atoms with Crippen LogP contribution in [0.1, 0.15) is 0 Å². The van der Waals surface area contributed by atoms with Gasteiger partial charge in [0.05, 0.1) is 13.3 Å². The molecule has 0 saturated carbocycles. The normalized spacial score (nSPS) is 15.9. The number of hydrogen-bond acceptors (Lipinski definition) is 3. The van der Waals surface area contributed by atoms with E-state index in [1.165, 1.54) is 0 Å². The summed E-state index contributed by atoms with van der Waals surface area (Å²) in [4.78, 5) is 8.59. The molecule has 3 N–H and O–H groups in total. The van der Waals surface area contributed by atoms with E-state index in [1.807, 2.05) is 0 Å². The van der Waals surface area contributed by atoms with Gasteiger partial charge in [-0.25, -0.2) is 0 Å². The van der Waals surface area contributed by atoms with Crippen molar-refractivity contribution in [3.05, 3.63) is 0 Å². The van der Waals surface area contributed by atoms with Crippen LogP contribution in [-0.2, 0) is 9.53 Å². The average molecular weight is 201 g/mol. The van der Waals surface area contributed by atoms with Crippen LogP contribution in [0.2, 0.25) is 0 Å². The average Bonchev–Trinajstić information content (AvgIpc) is 2.41. The highest BCUT2D eigenvalue weighted by molar-refractivity contribution is 6.53. The number of amides is 1. The van der Waals surface area contributed by atoms with Crippen LogP contribution in [0.3, 0.4) is 0 Å². The highest BCUT2D eigenvalue weighted by atomic mass is 35.5. The molecule has 1 fully saturated rings. The third kappa shape index (κ3) is 7.87. The van der Waals surface area contributed by atoms with Crippen molar-refractivity contribution in [2.24, 2.45) is 5.73 Å². The van der Waals surface area contributed by atoms with Crippen molar-refractivity contribution in [2.75, 3.05) is 19.9 Å². The second kappa shape index (κ2) is 6.67. The Morgan fingerprint density at radius 1 is 1.64 bits per heavy atom. The molecule has 0 radical (unpaired) electrons. The van der Waals surface area contributed by atoms with Gasteiger partial charge in [0.1, 0.15) is 0 Å². The van der Waals surface area contributed by atoms with E-state index in [4.69, 9.17) is 27.9 Å². The Bertz CT molecular complexity index is 109. The van der Waals surface area contributed by atoms with Gasteiger partial charge in [0.25, 0.3) is 5.91 Å². The Morgan fingerprint density at radius 3 is 2.27 bits per heavy atom. The van der Waals surface area contributed by atoms with Crippen molar-refractivity contribution in [1.82, 2.24) is 5.32 Å². The monoisotopic (exact) mass is 200 g/mol. The van der Waals surface area contributed by atoms with Crippen molar-refractivity contribution in [2.45, 2.75) is 4.84 Å². The summed E-state index contributed by atoms with van der Waals surface area (Å²) in [5, 5.41) is 3.00. The van der Waals surface area contributed by atoms with Crippen LogP contribution < -0.4 is 11.1 Å². The number of carbonyl (C=O) groups is 1. The minimum absolute atomic E-state index is 0.710. The largest absolute Gasteiger partial charge is 0.367 e. The van der Waals surface area contributed by atoms with Crippen molar-refractivity contribution < 1.29 is 9.53 Å². The van der Waals surface area contributed by atoms with Gasteiger partial charge in [-0.3, -0.25) is 10.1 Å². The maximum Gasteiger partial charge on any atom is 0.250 e. The van der Waals surface area contributed by atoms with Gasteiger partial charge >= 0.3 is 0 Å². The molecular formula is C5H10Cl2N2O2. The number of nitrogens with one attached hydrogen (secondary N) is 1. The molecule has 0 bridgehead atoms. The van der Waals surface area contributed by atoms with E-state index in [1.54, 1.807) is 0 Å². The van der Waals surface area contributed by atoms with Crippen LogP contribution in [0.15, 0.2) is 0 Å². The van der Waals surface area contributed by atoms with E-state index >= 15 is 0 Å². The fourth-order valence-corrected chi connectivity index (χ4v) is 0.361. The molecule has 66 valence electrons. The molecule has 0 spiro atoms. The molecule has 0 unspecified atom stereocenters. The molecule has 11 heavy (non-hydrogen) atoms. The molecule has 1 amide bonds. The van der Waals surface area contributed by atoms with Crippen LogP contribution in [0.4, 0.5) is 0 Å². The first-order valence-electron chi connectivity index (χ1n) is 3.00. The molecule has 1 aliphatic rings. The fraction of sp³-hybridized carbons (Fsp3) is 0.800. The van der Waals surface area contributed by atoms with Gasteiger partial charge in [0.2, 0.25) is 0 Å². The molecular weight excluding hydrogens is 191 g/mol. The van der Waals surface area contributed by atoms with Crippen LogP contribution in [0.25, 0.3) is 0 Å². The molecule has 1 heterocycles. The van der Waals surface area contributed by atoms with Gasteiger partial charge in [0.15, 0.2) is 4.84 Å². The lowest BCUT2D eigenvalue weighted by Gasteiger charge is -1.85. The molecule has 6 heteroatoms. The zero-order chi connectivity index (χ0) is 8.69. The summed E-state index contributed by atoms with van der Waals surface area (Å²) < 4.78 is 4.83. The lowest BCUT2D eigenvalue weighted by molar-refractivity contribution is -0.116. The molecule has 1 rings (SSSR count). The maximum absolute atomic E-state index is 9.66. The lowest BCUT2D eigenvalue weighted by atomic mass is 10.7. The maximum atomic E-state index is 9.66. The van der Waals surface area contributed by atoms with Gasteiger partial charge in [-0.1, -0.05) is 23.2 Å². The summed E-state index contributed by atoms with van der Waals surface area (Å²) in [6.45, 7) is 2.67. The van der Waals surface area contributed by atoms with Crippen LogP contribution in [0.5, 0.6) is 0 Å². The summed E-state index contributed by atoms with van der Waals surface area (Å²) in [5.74, 6) is -0.710. The Labute approximate surface area is 75.0 Å². The van der Waals surface area contributed by atoms with E-state index in [9.17, 15) is 4.79 Å². The molecule has 0 atom stereocenters. The summed E-state index contributed by atoms with van der Waals surface area (Å²) in [6.07, 6.45) is 0. The predicted octanol–water partition coefficient (Wildman–Crippen LogP) is -0.161. The van der Waals surface area contributed by atoms with Gasteiger partial charge in [0, 0.05) is 6.54 Å². The first kappa shape index (κ1) is 11.0. The van der Waals surface area contributed by atoms with Gasteiger partial charge in [-0.15, -0.1) is 0 Å². The SMILES string of the molecule is C1COCN1.NC(=O)C(Cl)Cl. The van der Waals surface area contributed by atoms with E-state index in [2.05, 4.69) is 11.1 Å². The topological polar surface area (TPSA) is 64.3 Å². The van der Waals surface area contributed by atoms with Crippen LogP contribution in [-0.4, -0.2) is 30.6 Å². The van der Waals surface area contributed by atoms with Crippen molar-refractivity contribution >= 4 is 29.1 Å². The number of ether oxygens (including phenoxy) is 1. The minimum Gasteiger partial charge on any atom is -0.367 e. The Kier molecular flexibility index (Phi) is 6.65. The highest BCUT2D eigenvalue weighted by Gasteiger charge is 2.02. The second-order valence-electron chi connectivity index (χ2n) is 1.76. The van der Waals surface area contributed by atoms with E-state index in [0.717, 1.165) is 19.9 Å². The van der Waals surface area contributed by atoms with Gasteiger partial charge in [-0.2, -0.15) is 0 Å². The Balaban J connectivity index is 0.000000183. The summed E-state index contributed by atoms with van der Waals surface area (Å²) in [5.41, 5.74) is 4.53. The van der Waals surface area contributed by atoms with E-state index in [-0.39, 0.29) is 0 Å². The van der Waals surface area contributed by atoms with Gasteiger partial charge < -0.3 is 10.5 Å². The number of primary amides is 1. The first-order chi connectivity index (χ1) is 5.14. The Morgan fingerprint density at radius 2 is 2.18 bits per heavy atom. The third-order valence-corrected chi connectivity index (χ3v) is 1.27. The number of halogens is 2. The van der Waals surface area contributed by atoms with Crippen molar-refractivity contribution in [3.63, 3.8) is 0 Å². The number of carbonyl (C=O) groups excluding carboxylic acids is 1. The number of alkyl halides is 2. The Hall–Kier alpha value is -0.0300. The molecule has 0 aromatic rings. The number of nitrogens with two attached hydrogens (primary N) is 1. The predicted molar refractivity (Wildman–Crippen MR) is 43.5 cm³/mol. The molecule has 0 aliphatic carbocycles. The lowest BCUT2D eigenvalue weighted by Crippen LogP contribution is -2.17. The number of rotatable bonds is 1. The fourth-order valence-electron chi connectivity index (χ4n) is 0.361. The van der Waals surface area contributed by atoms with E-state index in [0.29, 0.717) is 0 Å². The third-order valence-electron chi connectivity index (χ3n) is 0.842. The highest BCUT2D eigenvalue weighted by Crippen LogP contribution is 1.97. The standard InChI is InChI=1S/C3H7NO.C2H3Cl2NO/c1-2-5-3-4-1;3-1(4)2(5)6/h4H,1-3H2;1H,(H2,5,6). The quantitative estimate of drug-likeness (QED) is 0.579. The zero-order valence-electron chi connectivity index (χ0n) is 5.85. The van der Waals surface area contributed by atoms with Crippen LogP contribution in [0, 0.1) is 0 Å². The van der Waals surface area contributed by atoms with Crippen LogP contribution >= 0.6 is 23.2 Å². The van der Waals surface area contributed by atoms with Gasteiger partial charge in [-0.05, 0) is 0 Å². The molecule has 0 aromatic carbocycles. The first-order valence-corrected chi connectivity index (χ1v) is 3.88. The second-order valence-corrected chi connectivity index (χ2v) is 2.85. The van der Waals surface area contributed by atoms with Crippen molar-refractivity contribution in [1.29, 1.82) is 0 Å². The summed E-state index contributed by atoms with van der Waals surface area (Å²) >= 11 is 9.81. The summed E-state index contributed by atoms with van der Waals surface area (Å²) in [6, 6.07) is 0. The zero-order valence-corrected chi connectivity index (χ0v) is 7.36. The number of hydrogen-bond donors (Lipinski definition) is 2. The smallest absolute Gasteiger partial charge is 0.250 e. The molecule has 1 aliphatic heterocycles. The molecule has 0 aromatic heterocycles. The molecule has 1 saturated heterocycles. The summed E-state index contributed by atoms with van der Waals surface area (Å²) in [7, 11) is 0. The van der Waals surface area contributed by atoms with Crippen molar-refractivity contribution in [3.8, 4) is 0 Å². The van der Waals surface area contributed by atoms with E-state index < -0.39 is 10.7 Å².